The Bertz CT molecular complexity index is 1640. The number of carbonyl (C=O) groups excluding carboxylic acids is 3. The van der Waals surface area contributed by atoms with Crippen LogP contribution < -0.4 is 11.1 Å². The molecule has 47 heavy (non-hydrogen) atoms. The molecule has 2 atom stereocenters. The number of carbonyl (C=O) groups is 3. The maximum Gasteiger partial charge on any atom is 0.246 e. The van der Waals surface area contributed by atoms with Crippen molar-refractivity contribution in [1.29, 1.82) is 0 Å². The van der Waals surface area contributed by atoms with Gasteiger partial charge in [0.2, 0.25) is 17.7 Å². The number of nitrogens with zero attached hydrogens (tertiary/aromatic N) is 3. The van der Waals surface area contributed by atoms with E-state index in [1.165, 1.54) is 15.9 Å². The smallest absolute Gasteiger partial charge is 0.246 e. The predicted octanol–water partition coefficient (Wildman–Crippen LogP) is 5.56. The highest BCUT2D eigenvalue weighted by molar-refractivity contribution is 7.09. The van der Waals surface area contributed by atoms with Crippen LogP contribution in [0.15, 0.2) is 96.7 Å². The first-order chi connectivity index (χ1) is 22.6. The molecule has 2 aromatic carbocycles. The van der Waals surface area contributed by atoms with E-state index in [1.807, 2.05) is 86.0 Å². The van der Waals surface area contributed by atoms with Gasteiger partial charge in [-0.05, 0) is 77.2 Å². The van der Waals surface area contributed by atoms with Crippen LogP contribution in [0.25, 0.3) is 10.8 Å². The van der Waals surface area contributed by atoms with Gasteiger partial charge in [-0.15, -0.1) is 11.3 Å². The maximum atomic E-state index is 14.5. The average molecular weight is 654 g/mol. The molecule has 3 N–H and O–H groups in total. The summed E-state index contributed by atoms with van der Waals surface area (Å²) in [6.07, 6.45) is 10.2. The fourth-order valence-electron chi connectivity index (χ4n) is 5.59. The van der Waals surface area contributed by atoms with Crippen LogP contribution in [0.3, 0.4) is 0 Å². The number of nitrogens with two attached hydrogens (primary N) is 1. The summed E-state index contributed by atoms with van der Waals surface area (Å²) in [4.78, 5) is 49.8. The number of likely N-dealkylation sites (N-methyl/N-ethyl adjacent to an activating group) is 2. The van der Waals surface area contributed by atoms with Crippen molar-refractivity contribution in [3.05, 3.63) is 113 Å². The van der Waals surface area contributed by atoms with E-state index in [0.717, 1.165) is 39.6 Å². The number of nitrogens with one attached hydrogen (secondary N) is 1. The normalized spacial score (nSPS) is 13.0. The first kappa shape index (κ1) is 35.5. The third kappa shape index (κ3) is 9.83. The molecule has 0 aliphatic rings. The van der Waals surface area contributed by atoms with E-state index in [1.54, 1.807) is 37.8 Å². The number of hydrogen-bond donors (Lipinski definition) is 2. The second kappa shape index (κ2) is 17.0. The third-order valence-electron chi connectivity index (χ3n) is 9.09. The van der Waals surface area contributed by atoms with Crippen LogP contribution in [0.1, 0.15) is 49.1 Å². The van der Waals surface area contributed by atoms with Gasteiger partial charge in [0.25, 0.3) is 0 Å². The van der Waals surface area contributed by atoms with Crippen molar-refractivity contribution in [2.45, 2.75) is 70.0 Å². The number of benzene rings is 2. The molecule has 0 aliphatic carbocycles. The lowest BCUT2D eigenvalue weighted by atomic mass is 9.90. The maximum absolute atomic E-state index is 14.5. The number of amides is 3. The zero-order valence-electron chi connectivity index (χ0n) is 27.9. The minimum absolute atomic E-state index is 0.236. The molecule has 2 heterocycles. The van der Waals surface area contributed by atoms with E-state index >= 15 is 0 Å². The molecule has 0 spiro atoms. The van der Waals surface area contributed by atoms with Gasteiger partial charge in [-0.3, -0.25) is 19.4 Å². The van der Waals surface area contributed by atoms with Crippen LogP contribution in [0.2, 0.25) is 0 Å². The molecule has 3 amide bonds. The lowest BCUT2D eigenvalue weighted by Gasteiger charge is -2.34. The van der Waals surface area contributed by atoms with Crippen LogP contribution in [0.5, 0.6) is 0 Å². The Labute approximate surface area is 282 Å². The van der Waals surface area contributed by atoms with E-state index in [4.69, 9.17) is 5.73 Å². The van der Waals surface area contributed by atoms with Crippen molar-refractivity contribution in [2.75, 3.05) is 20.6 Å². The van der Waals surface area contributed by atoms with Gasteiger partial charge in [-0.25, -0.2) is 0 Å². The minimum atomic E-state index is -0.839. The zero-order valence-corrected chi connectivity index (χ0v) is 28.7. The molecule has 8 nitrogen and oxygen atoms in total. The molecule has 0 aliphatic heterocycles. The molecule has 248 valence electrons. The largest absolute Gasteiger partial charge is 0.354 e. The summed E-state index contributed by atoms with van der Waals surface area (Å²) in [6, 6.07) is 20.3. The molecule has 0 fully saturated rings. The third-order valence-corrected chi connectivity index (χ3v) is 9.99. The molecule has 4 aromatic rings. The second-order valence-corrected chi connectivity index (χ2v) is 13.2. The first-order valence-electron chi connectivity index (χ1n) is 16.3. The van der Waals surface area contributed by atoms with Crippen LogP contribution >= 0.6 is 11.3 Å². The number of rotatable bonds is 16. The van der Waals surface area contributed by atoms with E-state index in [2.05, 4.69) is 16.4 Å². The summed E-state index contributed by atoms with van der Waals surface area (Å²) >= 11 is 1.55. The lowest BCUT2D eigenvalue weighted by molar-refractivity contribution is -0.146. The molecule has 9 heteroatoms. The SMILES string of the molecule is CCC(N)(CC)CC=CC(=O)N(C)[C@H](Cc1ccc2ccccc2c1)C(=O)N(C)[C@H](Cc1cccs1)C(=O)NCCc1ccncc1. The number of fused-ring (bicyclic) bond motifs is 1. The van der Waals surface area contributed by atoms with E-state index < -0.39 is 12.1 Å². The van der Waals surface area contributed by atoms with Gasteiger partial charge in [0, 0.05) is 56.3 Å². The highest BCUT2D eigenvalue weighted by atomic mass is 32.1. The van der Waals surface area contributed by atoms with Gasteiger partial charge in [0.05, 0.1) is 0 Å². The molecule has 0 bridgehead atoms. The lowest BCUT2D eigenvalue weighted by Crippen LogP contribution is -2.56. The molecule has 0 unspecified atom stereocenters. The molecule has 0 saturated carbocycles. The Balaban J connectivity index is 1.59. The molecular weight excluding hydrogens is 607 g/mol. The molecule has 4 rings (SSSR count). The van der Waals surface area contributed by atoms with Crippen molar-refractivity contribution in [3.63, 3.8) is 0 Å². The van der Waals surface area contributed by atoms with E-state index in [0.29, 0.717) is 32.2 Å². The Morgan fingerprint density at radius 3 is 2.30 bits per heavy atom. The Morgan fingerprint density at radius 2 is 1.62 bits per heavy atom. The van der Waals surface area contributed by atoms with Crippen molar-refractivity contribution in [3.8, 4) is 0 Å². The summed E-state index contributed by atoms with van der Waals surface area (Å²) in [5, 5.41) is 7.16. The average Bonchev–Trinajstić information content (AvgIpc) is 3.62. The van der Waals surface area contributed by atoms with Gasteiger partial charge in [0.15, 0.2) is 0 Å². The monoisotopic (exact) mass is 653 g/mol. The first-order valence-corrected chi connectivity index (χ1v) is 17.2. The second-order valence-electron chi connectivity index (χ2n) is 12.2. The number of hydrogen-bond acceptors (Lipinski definition) is 6. The summed E-state index contributed by atoms with van der Waals surface area (Å²) in [5.74, 6) is -0.827. The topological polar surface area (TPSA) is 109 Å². The summed E-state index contributed by atoms with van der Waals surface area (Å²) in [5.41, 5.74) is 8.07. The highest BCUT2D eigenvalue weighted by Gasteiger charge is 2.35. The van der Waals surface area contributed by atoms with Gasteiger partial charge in [0.1, 0.15) is 12.1 Å². The summed E-state index contributed by atoms with van der Waals surface area (Å²) < 4.78 is 0. The molecule has 0 saturated heterocycles. The van der Waals surface area contributed by atoms with Crippen LogP contribution in [-0.2, 0) is 33.6 Å². The summed E-state index contributed by atoms with van der Waals surface area (Å²) in [7, 11) is 3.32. The Kier molecular flexibility index (Phi) is 12.8. The van der Waals surface area contributed by atoms with E-state index in [-0.39, 0.29) is 23.3 Å². The van der Waals surface area contributed by atoms with Gasteiger partial charge in [-0.1, -0.05) is 68.5 Å². The van der Waals surface area contributed by atoms with Crippen LogP contribution in [0.4, 0.5) is 0 Å². The predicted molar refractivity (Wildman–Crippen MR) is 191 cm³/mol. The van der Waals surface area contributed by atoms with E-state index in [9.17, 15) is 14.4 Å². The molecule has 0 radical (unpaired) electrons. The number of thiophene rings is 1. The van der Waals surface area contributed by atoms with Crippen molar-refractivity contribution < 1.29 is 14.4 Å². The number of aromatic nitrogens is 1. The van der Waals surface area contributed by atoms with Crippen molar-refractivity contribution >= 4 is 39.8 Å². The van der Waals surface area contributed by atoms with Crippen molar-refractivity contribution in [1.82, 2.24) is 20.1 Å². The Morgan fingerprint density at radius 1 is 0.894 bits per heavy atom. The zero-order chi connectivity index (χ0) is 33.8. The molecule has 2 aromatic heterocycles. The standard InChI is InChI=1S/C38H47N5O3S/c1-5-38(39,6-2)20-9-14-35(44)42(3)34(26-29-15-16-30-11-7-8-12-31(30)25-29)37(46)43(4)33(27-32-13-10-24-47-32)36(45)41-23-19-28-17-21-40-22-18-28/h7-18,21-22,24-25,33-34H,5-6,19-20,23,26-27,39H2,1-4H3,(H,41,45)/t33-,34-/m1/s1. The van der Waals surface area contributed by atoms with Crippen LogP contribution in [0, 0.1) is 0 Å². The number of pyridine rings is 1. The quantitative estimate of drug-likeness (QED) is 0.154. The van der Waals surface area contributed by atoms with Crippen molar-refractivity contribution in [2.24, 2.45) is 5.73 Å². The van der Waals surface area contributed by atoms with Crippen LogP contribution in [-0.4, -0.2) is 70.8 Å². The fourth-order valence-corrected chi connectivity index (χ4v) is 6.34. The van der Waals surface area contributed by atoms with Gasteiger partial charge >= 0.3 is 0 Å². The fraction of sp³-hybridized carbons (Fsp3) is 0.368. The van der Waals surface area contributed by atoms with Gasteiger partial charge in [-0.2, -0.15) is 0 Å². The summed E-state index contributed by atoms with van der Waals surface area (Å²) in [6.45, 7) is 4.51. The highest BCUT2D eigenvalue weighted by Crippen LogP contribution is 2.21. The Hall–Kier alpha value is -4.34. The molecular formula is C38H47N5O3S. The minimum Gasteiger partial charge on any atom is -0.354 e. The van der Waals surface area contributed by atoms with Gasteiger partial charge < -0.3 is 20.9 Å².